The molecule has 1 aliphatic rings. The Balaban J connectivity index is 1.60. The van der Waals surface area contributed by atoms with Crippen molar-refractivity contribution in [1.29, 1.82) is 0 Å². The summed E-state index contributed by atoms with van der Waals surface area (Å²) in [6.07, 6.45) is 1.36. The fourth-order valence-corrected chi connectivity index (χ4v) is 4.13. The van der Waals surface area contributed by atoms with Crippen LogP contribution in [-0.4, -0.2) is 23.9 Å². The average molecular weight is 432 g/mol. The molecule has 2 aromatic carbocycles. The fraction of sp³-hybridized carbons (Fsp3) is 0.350. The molecule has 1 saturated heterocycles. The second kappa shape index (κ2) is 8.52. The van der Waals surface area contributed by atoms with Crippen LogP contribution in [0.1, 0.15) is 31.4 Å². The van der Waals surface area contributed by atoms with E-state index in [1.54, 1.807) is 18.2 Å². The maximum absolute atomic E-state index is 12.7. The van der Waals surface area contributed by atoms with Gasteiger partial charge in [-0.15, -0.1) is 0 Å². The summed E-state index contributed by atoms with van der Waals surface area (Å²) < 4.78 is 0.976. The first-order valence-corrected chi connectivity index (χ1v) is 9.80. The standard InChI is InChI=1S/C20H22BrN3O3/c1-14(16-6-2-3-7-17(16)21)22-20(25)15-10-12-23(13-11-15)18-8-4-5-9-19(18)24(26)27/h2-9,14-15H,10-13H2,1H3,(H,22,25)/t14-/m1/s1. The van der Waals surface area contributed by atoms with Crippen molar-refractivity contribution in [2.45, 2.75) is 25.8 Å². The summed E-state index contributed by atoms with van der Waals surface area (Å²) in [5, 5.41) is 14.3. The normalized spacial score (nSPS) is 16.0. The van der Waals surface area contributed by atoms with E-state index in [1.165, 1.54) is 6.07 Å². The summed E-state index contributed by atoms with van der Waals surface area (Å²) >= 11 is 3.52. The quantitative estimate of drug-likeness (QED) is 0.560. The van der Waals surface area contributed by atoms with Crippen molar-refractivity contribution in [3.63, 3.8) is 0 Å². The van der Waals surface area contributed by atoms with Crippen LogP contribution in [-0.2, 0) is 4.79 Å². The second-order valence-electron chi connectivity index (χ2n) is 6.76. The number of amides is 1. The van der Waals surface area contributed by atoms with Crippen molar-refractivity contribution >= 4 is 33.2 Å². The molecule has 1 aliphatic heterocycles. The molecule has 3 rings (SSSR count). The fourth-order valence-electron chi connectivity index (χ4n) is 3.50. The monoisotopic (exact) mass is 431 g/mol. The minimum atomic E-state index is -0.354. The molecular weight excluding hydrogens is 410 g/mol. The molecule has 142 valence electrons. The van der Waals surface area contributed by atoms with Crippen LogP contribution in [0.2, 0.25) is 0 Å². The average Bonchev–Trinajstić information content (AvgIpc) is 2.68. The van der Waals surface area contributed by atoms with Gasteiger partial charge in [0.1, 0.15) is 5.69 Å². The number of hydrogen-bond donors (Lipinski definition) is 1. The van der Waals surface area contributed by atoms with Gasteiger partial charge in [0.15, 0.2) is 0 Å². The lowest BCUT2D eigenvalue weighted by molar-refractivity contribution is -0.384. The predicted octanol–water partition coefficient (Wildman–Crippen LogP) is 4.45. The maximum Gasteiger partial charge on any atom is 0.292 e. The van der Waals surface area contributed by atoms with Crippen LogP contribution >= 0.6 is 15.9 Å². The first-order chi connectivity index (χ1) is 13.0. The largest absolute Gasteiger partial charge is 0.366 e. The SMILES string of the molecule is C[C@@H](NC(=O)C1CCN(c2ccccc2[N+](=O)[O-])CC1)c1ccccc1Br. The summed E-state index contributed by atoms with van der Waals surface area (Å²) in [5.74, 6) is -0.0329. The first-order valence-electron chi connectivity index (χ1n) is 9.00. The molecule has 1 heterocycles. The highest BCUT2D eigenvalue weighted by Gasteiger charge is 2.28. The Morgan fingerprint density at radius 2 is 1.81 bits per heavy atom. The van der Waals surface area contributed by atoms with Gasteiger partial charge in [0.05, 0.1) is 11.0 Å². The van der Waals surface area contributed by atoms with Crippen LogP contribution in [0, 0.1) is 16.0 Å². The van der Waals surface area contributed by atoms with Gasteiger partial charge in [-0.3, -0.25) is 14.9 Å². The number of carbonyl (C=O) groups excluding carboxylic acids is 1. The number of benzene rings is 2. The number of anilines is 1. The second-order valence-corrected chi connectivity index (χ2v) is 7.61. The lowest BCUT2D eigenvalue weighted by atomic mass is 9.94. The van der Waals surface area contributed by atoms with E-state index in [9.17, 15) is 14.9 Å². The van der Waals surface area contributed by atoms with Crippen molar-refractivity contribution in [2.75, 3.05) is 18.0 Å². The van der Waals surface area contributed by atoms with Crippen molar-refractivity contribution in [3.05, 3.63) is 68.7 Å². The first kappa shape index (κ1) is 19.4. The van der Waals surface area contributed by atoms with E-state index in [4.69, 9.17) is 0 Å². The number of hydrogen-bond acceptors (Lipinski definition) is 4. The number of nitrogens with one attached hydrogen (secondary N) is 1. The van der Waals surface area contributed by atoms with Gasteiger partial charge >= 0.3 is 0 Å². The van der Waals surface area contributed by atoms with Gasteiger partial charge in [-0.1, -0.05) is 46.3 Å². The van der Waals surface area contributed by atoms with E-state index in [-0.39, 0.29) is 28.5 Å². The Morgan fingerprint density at radius 3 is 2.48 bits per heavy atom. The molecule has 6 nitrogen and oxygen atoms in total. The molecule has 0 saturated carbocycles. The third-order valence-electron chi connectivity index (χ3n) is 5.02. The molecule has 0 radical (unpaired) electrons. The van der Waals surface area contributed by atoms with Crippen molar-refractivity contribution in [1.82, 2.24) is 5.32 Å². The highest BCUT2D eigenvalue weighted by atomic mass is 79.9. The molecule has 1 atom stereocenters. The molecule has 2 aromatic rings. The molecule has 27 heavy (non-hydrogen) atoms. The Hall–Kier alpha value is -2.41. The number of nitro groups is 1. The summed E-state index contributed by atoms with van der Waals surface area (Å²) in [5.41, 5.74) is 1.79. The highest BCUT2D eigenvalue weighted by Crippen LogP contribution is 2.31. The van der Waals surface area contributed by atoms with Crippen molar-refractivity contribution in [2.24, 2.45) is 5.92 Å². The predicted molar refractivity (Wildman–Crippen MR) is 109 cm³/mol. The zero-order chi connectivity index (χ0) is 19.4. The number of piperidine rings is 1. The Kier molecular flexibility index (Phi) is 6.11. The van der Waals surface area contributed by atoms with Crippen LogP contribution < -0.4 is 10.2 Å². The van der Waals surface area contributed by atoms with E-state index >= 15 is 0 Å². The zero-order valence-electron chi connectivity index (χ0n) is 15.1. The molecule has 0 unspecified atom stereocenters. The number of carbonyl (C=O) groups is 1. The van der Waals surface area contributed by atoms with Crippen LogP contribution in [0.5, 0.6) is 0 Å². The topological polar surface area (TPSA) is 75.5 Å². The Bertz CT molecular complexity index is 835. The van der Waals surface area contributed by atoms with Gasteiger partial charge in [-0.2, -0.15) is 0 Å². The van der Waals surface area contributed by atoms with E-state index in [2.05, 4.69) is 21.2 Å². The van der Waals surface area contributed by atoms with Crippen molar-refractivity contribution < 1.29 is 9.72 Å². The zero-order valence-corrected chi connectivity index (χ0v) is 16.7. The van der Waals surface area contributed by atoms with Crippen LogP contribution in [0.4, 0.5) is 11.4 Å². The van der Waals surface area contributed by atoms with Gasteiger partial charge in [0.25, 0.3) is 5.69 Å². The Morgan fingerprint density at radius 1 is 1.19 bits per heavy atom. The summed E-state index contributed by atoms with van der Waals surface area (Å²) in [6, 6.07) is 14.5. The number of para-hydroxylation sites is 2. The van der Waals surface area contributed by atoms with E-state index in [0.29, 0.717) is 31.6 Å². The van der Waals surface area contributed by atoms with E-state index < -0.39 is 0 Å². The number of nitrogens with zero attached hydrogens (tertiary/aromatic N) is 2. The molecule has 1 N–H and O–H groups in total. The molecule has 0 aliphatic carbocycles. The minimum Gasteiger partial charge on any atom is -0.366 e. The Labute approximate surface area is 166 Å². The van der Waals surface area contributed by atoms with Gasteiger partial charge < -0.3 is 10.2 Å². The lowest BCUT2D eigenvalue weighted by Gasteiger charge is -2.33. The number of rotatable bonds is 5. The third kappa shape index (κ3) is 4.47. The minimum absolute atomic E-state index is 0.0421. The number of nitro benzene ring substituents is 1. The maximum atomic E-state index is 12.7. The summed E-state index contributed by atoms with van der Waals surface area (Å²) in [7, 11) is 0. The van der Waals surface area contributed by atoms with Gasteiger partial charge in [0.2, 0.25) is 5.91 Å². The third-order valence-corrected chi connectivity index (χ3v) is 5.74. The van der Waals surface area contributed by atoms with Gasteiger partial charge in [-0.05, 0) is 37.5 Å². The van der Waals surface area contributed by atoms with Gasteiger partial charge in [-0.25, -0.2) is 0 Å². The lowest BCUT2D eigenvalue weighted by Crippen LogP contribution is -2.41. The molecular formula is C20H22BrN3O3. The molecule has 0 spiro atoms. The van der Waals surface area contributed by atoms with E-state index in [0.717, 1.165) is 10.0 Å². The van der Waals surface area contributed by atoms with E-state index in [1.807, 2.05) is 36.1 Å². The molecule has 1 amide bonds. The van der Waals surface area contributed by atoms with Crippen LogP contribution in [0.3, 0.4) is 0 Å². The van der Waals surface area contributed by atoms with Crippen LogP contribution in [0.15, 0.2) is 53.0 Å². The smallest absolute Gasteiger partial charge is 0.292 e. The molecule has 0 bridgehead atoms. The summed E-state index contributed by atoms with van der Waals surface area (Å²) in [4.78, 5) is 25.5. The molecule has 1 fully saturated rings. The molecule has 0 aromatic heterocycles. The van der Waals surface area contributed by atoms with Crippen LogP contribution in [0.25, 0.3) is 0 Å². The highest BCUT2D eigenvalue weighted by molar-refractivity contribution is 9.10. The van der Waals surface area contributed by atoms with Gasteiger partial charge in [0, 0.05) is 29.5 Å². The molecule has 7 heteroatoms. The summed E-state index contributed by atoms with van der Waals surface area (Å²) in [6.45, 7) is 3.24. The number of halogens is 1. The van der Waals surface area contributed by atoms with Crippen molar-refractivity contribution in [3.8, 4) is 0 Å².